The van der Waals surface area contributed by atoms with Crippen LogP contribution < -0.4 is 5.32 Å². The first-order valence-corrected chi connectivity index (χ1v) is 24.7. The number of rotatable bonds is 44. The monoisotopic (exact) mass is 802 g/mol. The number of hydrogen-bond acceptors (Lipinski definition) is 5. The highest BCUT2D eigenvalue weighted by Crippen LogP contribution is 2.17. The minimum absolute atomic E-state index is 0.0555. The summed E-state index contributed by atoms with van der Waals surface area (Å²) in [6, 6.07) is -0.708. The molecule has 0 aliphatic heterocycles. The van der Waals surface area contributed by atoms with Gasteiger partial charge in [-0.3, -0.25) is 9.59 Å². The van der Waals surface area contributed by atoms with Gasteiger partial charge in [-0.15, -0.1) is 0 Å². The lowest BCUT2D eigenvalue weighted by Crippen LogP contribution is -2.46. The summed E-state index contributed by atoms with van der Waals surface area (Å²) in [7, 11) is 0. The van der Waals surface area contributed by atoms with E-state index in [9.17, 15) is 19.8 Å². The molecule has 0 aliphatic carbocycles. The van der Waals surface area contributed by atoms with Gasteiger partial charge in [0.15, 0.2) is 0 Å². The third-order valence-electron chi connectivity index (χ3n) is 11.2. The zero-order chi connectivity index (χ0) is 41.7. The second kappa shape index (κ2) is 45.2. The number of aliphatic hydroxyl groups is 2. The maximum atomic E-state index is 13.2. The van der Waals surface area contributed by atoms with Gasteiger partial charge in [-0.05, 0) is 70.6 Å². The lowest BCUT2D eigenvalue weighted by molar-refractivity contribution is -0.151. The summed E-state index contributed by atoms with van der Waals surface area (Å²) >= 11 is 0. The number of allylic oxidation sites excluding steroid dienone is 6. The molecule has 1 amide bonds. The van der Waals surface area contributed by atoms with Crippen molar-refractivity contribution in [2.45, 2.75) is 270 Å². The van der Waals surface area contributed by atoms with Crippen LogP contribution in [0, 0.1) is 0 Å². The number of carbonyl (C=O) groups excluding carboxylic acids is 2. The summed E-state index contributed by atoms with van der Waals surface area (Å²) in [5, 5.41) is 23.7. The molecule has 3 atom stereocenters. The molecular weight excluding hydrogens is 707 g/mol. The van der Waals surface area contributed by atoms with Crippen LogP contribution in [-0.2, 0) is 14.3 Å². The third-order valence-corrected chi connectivity index (χ3v) is 11.2. The van der Waals surface area contributed by atoms with Crippen LogP contribution in [0.3, 0.4) is 0 Å². The van der Waals surface area contributed by atoms with Crippen molar-refractivity contribution in [1.29, 1.82) is 0 Å². The van der Waals surface area contributed by atoms with Crippen LogP contribution in [0.1, 0.15) is 252 Å². The Morgan fingerprint density at radius 2 is 0.965 bits per heavy atom. The van der Waals surface area contributed by atoms with Crippen LogP contribution in [0.5, 0.6) is 0 Å². The second-order valence-corrected chi connectivity index (χ2v) is 16.8. The van der Waals surface area contributed by atoms with Crippen molar-refractivity contribution in [1.82, 2.24) is 5.32 Å². The summed E-state index contributed by atoms with van der Waals surface area (Å²) in [6.45, 7) is 6.36. The Kier molecular flexibility index (Phi) is 43.6. The number of aliphatic hydroxyl groups excluding tert-OH is 2. The van der Waals surface area contributed by atoms with E-state index in [2.05, 4.69) is 62.5 Å². The van der Waals surface area contributed by atoms with Gasteiger partial charge in [0.2, 0.25) is 5.91 Å². The van der Waals surface area contributed by atoms with Crippen molar-refractivity contribution >= 4 is 11.9 Å². The number of esters is 1. The molecule has 0 saturated carbocycles. The Morgan fingerprint density at radius 3 is 1.47 bits per heavy atom. The van der Waals surface area contributed by atoms with Crippen molar-refractivity contribution < 1.29 is 24.5 Å². The van der Waals surface area contributed by atoms with Crippen LogP contribution >= 0.6 is 0 Å². The molecule has 0 aromatic heterocycles. The van der Waals surface area contributed by atoms with Gasteiger partial charge >= 0.3 is 5.97 Å². The molecular formula is C51H95NO5. The molecule has 0 radical (unpaired) electrons. The number of nitrogens with one attached hydrogen (secondary N) is 1. The van der Waals surface area contributed by atoms with Crippen LogP contribution in [-0.4, -0.2) is 46.9 Å². The van der Waals surface area contributed by atoms with Crippen molar-refractivity contribution in [3.05, 3.63) is 36.5 Å². The van der Waals surface area contributed by atoms with E-state index in [1.807, 2.05) is 0 Å². The van der Waals surface area contributed by atoms with E-state index < -0.39 is 18.2 Å². The molecule has 0 rings (SSSR count). The Hall–Kier alpha value is -1.92. The van der Waals surface area contributed by atoms with Gasteiger partial charge in [0, 0.05) is 6.42 Å². The molecule has 3 unspecified atom stereocenters. The Labute approximate surface area is 353 Å². The highest BCUT2D eigenvalue weighted by Gasteiger charge is 2.24. The molecule has 6 nitrogen and oxygen atoms in total. The summed E-state index contributed by atoms with van der Waals surface area (Å²) in [6.07, 6.45) is 52.0. The number of ether oxygens (including phenoxy) is 1. The largest absolute Gasteiger partial charge is 0.462 e. The quantitative estimate of drug-likeness (QED) is 0.0324. The molecule has 0 spiro atoms. The number of carbonyl (C=O) groups is 2. The second-order valence-electron chi connectivity index (χ2n) is 16.8. The van der Waals surface area contributed by atoms with Crippen LogP contribution in [0.4, 0.5) is 0 Å². The number of amides is 1. The highest BCUT2D eigenvalue weighted by atomic mass is 16.5. The molecule has 0 aromatic carbocycles. The first kappa shape index (κ1) is 55.1. The van der Waals surface area contributed by atoms with Gasteiger partial charge in [0.1, 0.15) is 6.10 Å². The maximum Gasteiger partial charge on any atom is 0.306 e. The molecule has 0 saturated heterocycles. The van der Waals surface area contributed by atoms with Gasteiger partial charge in [-0.1, -0.05) is 205 Å². The summed E-state index contributed by atoms with van der Waals surface area (Å²) in [5.74, 6) is -0.507. The molecule has 0 fully saturated rings. The fourth-order valence-electron chi connectivity index (χ4n) is 7.47. The smallest absolute Gasteiger partial charge is 0.306 e. The van der Waals surface area contributed by atoms with E-state index in [1.165, 1.54) is 128 Å². The third kappa shape index (κ3) is 40.6. The van der Waals surface area contributed by atoms with Gasteiger partial charge in [0.05, 0.1) is 25.2 Å². The summed E-state index contributed by atoms with van der Waals surface area (Å²) in [5.41, 5.74) is 0. The highest BCUT2D eigenvalue weighted by molar-refractivity contribution is 5.77. The van der Waals surface area contributed by atoms with Crippen molar-refractivity contribution in [3.63, 3.8) is 0 Å². The number of unbranched alkanes of at least 4 members (excludes halogenated alkanes) is 26. The van der Waals surface area contributed by atoms with E-state index in [4.69, 9.17) is 4.74 Å². The van der Waals surface area contributed by atoms with Gasteiger partial charge in [0.25, 0.3) is 0 Å². The normalized spacial score (nSPS) is 13.6. The van der Waals surface area contributed by atoms with Crippen molar-refractivity contribution in [2.24, 2.45) is 0 Å². The van der Waals surface area contributed by atoms with Crippen LogP contribution in [0.15, 0.2) is 36.5 Å². The predicted molar refractivity (Wildman–Crippen MR) is 246 cm³/mol. The Balaban J connectivity index is 4.59. The molecule has 0 aromatic rings. The fourth-order valence-corrected chi connectivity index (χ4v) is 7.47. The first-order valence-electron chi connectivity index (χ1n) is 24.7. The van der Waals surface area contributed by atoms with Gasteiger partial charge in [-0.2, -0.15) is 0 Å². The zero-order valence-electron chi connectivity index (χ0n) is 38.0. The van der Waals surface area contributed by atoms with Crippen molar-refractivity contribution in [3.8, 4) is 0 Å². The van der Waals surface area contributed by atoms with Gasteiger partial charge in [-0.25, -0.2) is 0 Å². The minimum atomic E-state index is -0.792. The molecule has 6 heteroatoms. The SMILES string of the molecule is CC/C=C/C/C=C/CCCCCCCCCC(=O)OC(CCC/C=C\CCCCCCCCC)CC(=O)NC(CO)C(O)CCCCCCCCCCCCCC. The number of hydrogen-bond donors (Lipinski definition) is 3. The predicted octanol–water partition coefficient (Wildman–Crippen LogP) is 14.5. The molecule has 0 heterocycles. The summed E-state index contributed by atoms with van der Waals surface area (Å²) in [4.78, 5) is 26.0. The average Bonchev–Trinajstić information content (AvgIpc) is 3.20. The summed E-state index contributed by atoms with van der Waals surface area (Å²) < 4.78 is 5.90. The molecule has 0 aliphatic rings. The molecule has 334 valence electrons. The van der Waals surface area contributed by atoms with E-state index in [1.54, 1.807) is 0 Å². The Morgan fingerprint density at radius 1 is 0.526 bits per heavy atom. The minimum Gasteiger partial charge on any atom is -0.462 e. The maximum absolute atomic E-state index is 13.2. The molecule has 0 bridgehead atoms. The molecule has 57 heavy (non-hydrogen) atoms. The van der Waals surface area contributed by atoms with Crippen molar-refractivity contribution in [2.75, 3.05) is 6.61 Å². The van der Waals surface area contributed by atoms with Crippen LogP contribution in [0.2, 0.25) is 0 Å². The molecule has 3 N–H and O–H groups in total. The lowest BCUT2D eigenvalue weighted by atomic mass is 10.0. The lowest BCUT2D eigenvalue weighted by Gasteiger charge is -2.24. The van der Waals surface area contributed by atoms with Gasteiger partial charge < -0.3 is 20.3 Å². The van der Waals surface area contributed by atoms with E-state index in [-0.39, 0.29) is 24.9 Å². The van der Waals surface area contributed by atoms with E-state index in [0.29, 0.717) is 19.3 Å². The Bertz CT molecular complexity index is 946. The van der Waals surface area contributed by atoms with E-state index >= 15 is 0 Å². The van der Waals surface area contributed by atoms with E-state index in [0.717, 1.165) is 77.0 Å². The van der Waals surface area contributed by atoms with Crippen LogP contribution in [0.25, 0.3) is 0 Å². The standard InChI is InChI=1S/C51H95NO5/c1-4-7-10-13-16-19-22-25-26-29-32-35-38-41-44-51(56)57-47(42-39-36-33-30-27-23-20-17-14-11-8-5-2)45-50(55)52-48(46-53)49(54)43-40-37-34-31-28-24-21-18-15-12-9-6-3/h7,10,16,19,30,33,47-49,53-54H,4-6,8-9,11-15,17-18,20-29,31-32,34-46H2,1-3H3,(H,52,55)/b10-7+,19-16+,33-30-. The topological polar surface area (TPSA) is 95.9 Å². The fraction of sp³-hybridized carbons (Fsp3) is 0.843. The first-order chi connectivity index (χ1) is 28.0. The zero-order valence-corrected chi connectivity index (χ0v) is 38.0. The average molecular weight is 802 g/mol.